The van der Waals surface area contributed by atoms with Crippen LogP contribution in [0, 0.1) is 11.3 Å². The van der Waals surface area contributed by atoms with Crippen LogP contribution in [0.25, 0.3) is 0 Å². The van der Waals surface area contributed by atoms with Crippen molar-refractivity contribution in [3.63, 3.8) is 0 Å². The summed E-state index contributed by atoms with van der Waals surface area (Å²) in [6.45, 7) is 2.77. The highest BCUT2D eigenvalue weighted by Gasteiger charge is 2.27. The Labute approximate surface area is 103 Å². The lowest BCUT2D eigenvalue weighted by Crippen LogP contribution is -2.40. The zero-order chi connectivity index (χ0) is 13.3. The van der Waals surface area contributed by atoms with Gasteiger partial charge in [0.25, 0.3) is 0 Å². The summed E-state index contributed by atoms with van der Waals surface area (Å²) in [4.78, 5) is 0. The van der Waals surface area contributed by atoms with Gasteiger partial charge < -0.3 is 9.47 Å². The molecule has 17 heavy (non-hydrogen) atoms. The lowest BCUT2D eigenvalue weighted by molar-refractivity contribution is 0.164. The Morgan fingerprint density at radius 3 is 2.29 bits per heavy atom. The third-order valence-electron chi connectivity index (χ3n) is 2.29. The molecule has 0 aliphatic carbocycles. The molecule has 0 spiro atoms. The first kappa shape index (κ1) is 16.3. The monoisotopic (exact) mass is 264 g/mol. The van der Waals surface area contributed by atoms with Crippen LogP contribution < -0.4 is 0 Å². The minimum atomic E-state index is -3.57. The van der Waals surface area contributed by atoms with Crippen molar-refractivity contribution < 1.29 is 17.9 Å². The van der Waals surface area contributed by atoms with Crippen LogP contribution in [0.15, 0.2) is 0 Å². The van der Waals surface area contributed by atoms with E-state index in [9.17, 15) is 8.42 Å². The molecule has 100 valence electrons. The van der Waals surface area contributed by atoms with E-state index < -0.39 is 15.3 Å². The summed E-state index contributed by atoms with van der Waals surface area (Å²) in [5, 5.41) is 7.66. The molecule has 0 aliphatic rings. The molecular weight excluding hydrogens is 244 g/mol. The molecule has 0 N–H and O–H groups in total. The van der Waals surface area contributed by atoms with E-state index in [1.165, 1.54) is 18.3 Å². The Morgan fingerprint density at radius 2 is 1.82 bits per heavy atom. The highest BCUT2D eigenvalue weighted by Crippen LogP contribution is 2.09. The average Bonchev–Trinajstić information content (AvgIpc) is 2.32. The summed E-state index contributed by atoms with van der Waals surface area (Å²) in [7, 11) is -0.498. The molecule has 0 radical (unpaired) electrons. The average molecular weight is 264 g/mol. The molecule has 7 heteroatoms. The largest absolute Gasteiger partial charge is 0.385 e. The van der Waals surface area contributed by atoms with E-state index in [4.69, 9.17) is 14.7 Å². The van der Waals surface area contributed by atoms with Crippen LogP contribution >= 0.6 is 0 Å². The second kappa shape index (κ2) is 8.42. The molecule has 0 aromatic heterocycles. The van der Waals surface area contributed by atoms with Crippen LogP contribution in [-0.4, -0.2) is 58.5 Å². The van der Waals surface area contributed by atoms with Gasteiger partial charge in [0.05, 0.1) is 12.7 Å². The molecule has 6 nitrogen and oxygen atoms in total. The van der Waals surface area contributed by atoms with Crippen LogP contribution in [0.3, 0.4) is 0 Å². The standard InChI is InChI=1S/C10H20N2O4S/c1-10(9-11)17(13,14)12(6-8-16-3)5-4-7-15-2/h10H,4-8H2,1-3H3. The van der Waals surface area contributed by atoms with Gasteiger partial charge in [-0.25, -0.2) is 8.42 Å². The highest BCUT2D eigenvalue weighted by molar-refractivity contribution is 7.89. The predicted molar refractivity (Wildman–Crippen MR) is 63.9 cm³/mol. The van der Waals surface area contributed by atoms with Crippen LogP contribution in [0.1, 0.15) is 13.3 Å². The van der Waals surface area contributed by atoms with Crippen molar-refractivity contribution in [1.82, 2.24) is 4.31 Å². The maximum Gasteiger partial charge on any atom is 0.230 e. The molecule has 1 unspecified atom stereocenters. The SMILES string of the molecule is COCCCN(CCOC)S(=O)(=O)C(C)C#N. The number of rotatable bonds is 9. The molecule has 0 aromatic rings. The van der Waals surface area contributed by atoms with Gasteiger partial charge in [-0.3, -0.25) is 0 Å². The Hall–Kier alpha value is -0.680. The topological polar surface area (TPSA) is 79.6 Å². The number of hydrogen-bond donors (Lipinski definition) is 0. The maximum atomic E-state index is 12.0. The van der Waals surface area contributed by atoms with Crippen molar-refractivity contribution in [2.45, 2.75) is 18.6 Å². The summed E-state index contributed by atoms with van der Waals surface area (Å²) < 4.78 is 35.0. The molecule has 0 bridgehead atoms. The fourth-order valence-corrected chi connectivity index (χ4v) is 2.53. The molecular formula is C10H20N2O4S. The summed E-state index contributed by atoms with van der Waals surface area (Å²) in [6, 6.07) is 1.75. The van der Waals surface area contributed by atoms with Gasteiger partial charge in [0.15, 0.2) is 5.25 Å². The minimum absolute atomic E-state index is 0.258. The number of hydrogen-bond acceptors (Lipinski definition) is 5. The van der Waals surface area contributed by atoms with Crippen molar-refractivity contribution in [3.8, 4) is 6.07 Å². The third kappa shape index (κ3) is 5.46. The number of nitriles is 1. The van der Waals surface area contributed by atoms with Crippen molar-refractivity contribution in [1.29, 1.82) is 5.26 Å². The van der Waals surface area contributed by atoms with Gasteiger partial charge in [-0.05, 0) is 13.3 Å². The lowest BCUT2D eigenvalue weighted by Gasteiger charge is -2.22. The number of ether oxygens (including phenoxy) is 2. The van der Waals surface area contributed by atoms with Crippen LogP contribution in [0.2, 0.25) is 0 Å². The van der Waals surface area contributed by atoms with Gasteiger partial charge in [0.2, 0.25) is 10.0 Å². The van der Waals surface area contributed by atoms with Crippen LogP contribution in [0.4, 0.5) is 0 Å². The Kier molecular flexibility index (Phi) is 8.08. The molecule has 0 heterocycles. The number of sulfonamides is 1. The van der Waals surface area contributed by atoms with E-state index in [-0.39, 0.29) is 6.54 Å². The normalized spacial score (nSPS) is 13.6. The Bertz CT molecular complexity index is 337. The van der Waals surface area contributed by atoms with Crippen molar-refractivity contribution in [3.05, 3.63) is 0 Å². The zero-order valence-electron chi connectivity index (χ0n) is 10.5. The van der Waals surface area contributed by atoms with E-state index in [1.54, 1.807) is 13.2 Å². The second-order valence-electron chi connectivity index (χ2n) is 3.55. The van der Waals surface area contributed by atoms with Gasteiger partial charge in [-0.2, -0.15) is 9.57 Å². The third-order valence-corrected chi connectivity index (χ3v) is 4.37. The van der Waals surface area contributed by atoms with Gasteiger partial charge in [0, 0.05) is 33.9 Å². The summed E-state index contributed by atoms with van der Waals surface area (Å²) in [6.07, 6.45) is 0.595. The Balaban J connectivity index is 4.61. The van der Waals surface area contributed by atoms with E-state index in [0.29, 0.717) is 26.2 Å². The maximum absolute atomic E-state index is 12.0. The van der Waals surface area contributed by atoms with E-state index >= 15 is 0 Å². The summed E-state index contributed by atoms with van der Waals surface area (Å²) in [5.74, 6) is 0. The first-order valence-corrected chi connectivity index (χ1v) is 6.87. The highest BCUT2D eigenvalue weighted by atomic mass is 32.2. The summed E-state index contributed by atoms with van der Waals surface area (Å²) >= 11 is 0. The van der Waals surface area contributed by atoms with Crippen LogP contribution in [0.5, 0.6) is 0 Å². The molecule has 1 atom stereocenters. The number of methoxy groups -OCH3 is 2. The fraction of sp³-hybridized carbons (Fsp3) is 0.900. The van der Waals surface area contributed by atoms with E-state index in [0.717, 1.165) is 0 Å². The molecule has 0 aliphatic heterocycles. The van der Waals surface area contributed by atoms with Gasteiger partial charge >= 0.3 is 0 Å². The smallest absolute Gasteiger partial charge is 0.230 e. The minimum Gasteiger partial charge on any atom is -0.385 e. The van der Waals surface area contributed by atoms with Crippen molar-refractivity contribution in [2.24, 2.45) is 0 Å². The van der Waals surface area contributed by atoms with Crippen molar-refractivity contribution in [2.75, 3.05) is 40.5 Å². The van der Waals surface area contributed by atoms with E-state index in [2.05, 4.69) is 0 Å². The molecule has 0 saturated carbocycles. The quantitative estimate of drug-likeness (QED) is 0.556. The molecule has 0 amide bonds. The first-order valence-electron chi connectivity index (χ1n) is 5.37. The van der Waals surface area contributed by atoms with Gasteiger partial charge in [-0.1, -0.05) is 0 Å². The first-order chi connectivity index (χ1) is 8.00. The zero-order valence-corrected chi connectivity index (χ0v) is 11.4. The summed E-state index contributed by atoms with van der Waals surface area (Å²) in [5.41, 5.74) is 0. The van der Waals surface area contributed by atoms with Gasteiger partial charge in [0.1, 0.15) is 0 Å². The van der Waals surface area contributed by atoms with Gasteiger partial charge in [-0.15, -0.1) is 0 Å². The van der Waals surface area contributed by atoms with Crippen LogP contribution in [-0.2, 0) is 19.5 Å². The second-order valence-corrected chi connectivity index (χ2v) is 5.81. The number of nitrogens with zero attached hydrogens (tertiary/aromatic N) is 2. The van der Waals surface area contributed by atoms with E-state index in [1.807, 2.05) is 0 Å². The molecule has 0 aromatic carbocycles. The Morgan fingerprint density at radius 1 is 1.24 bits per heavy atom. The fourth-order valence-electron chi connectivity index (χ4n) is 1.23. The molecule has 0 fully saturated rings. The predicted octanol–water partition coefficient (Wildman–Crippen LogP) is 0.213. The molecule has 0 rings (SSSR count). The molecule has 0 saturated heterocycles. The van der Waals surface area contributed by atoms with Crippen molar-refractivity contribution >= 4 is 10.0 Å². The lowest BCUT2D eigenvalue weighted by atomic mass is 10.4.